The molecule has 0 radical (unpaired) electrons. The van der Waals surface area contributed by atoms with E-state index in [-0.39, 0.29) is 10.6 Å². The number of hydrogen-bond donors (Lipinski definition) is 1. The molecule has 0 atom stereocenters. The zero-order valence-corrected chi connectivity index (χ0v) is 18.6. The number of aryl methyl sites for hydroxylation is 1. The van der Waals surface area contributed by atoms with Gasteiger partial charge >= 0.3 is 0 Å². The first kappa shape index (κ1) is 20.7. The van der Waals surface area contributed by atoms with Crippen molar-refractivity contribution in [1.29, 1.82) is 0 Å². The van der Waals surface area contributed by atoms with E-state index in [9.17, 15) is 8.42 Å². The molecule has 32 heavy (non-hydrogen) atoms. The molecule has 0 bridgehead atoms. The van der Waals surface area contributed by atoms with Crippen LogP contribution in [0.1, 0.15) is 11.4 Å². The standard InChI is InChI=1S/C24H24N4O3S/c1-17-13-19-14-18(7-8-22(19)25-17)24-26-20(15-23(27-24)28-9-11-31-12-10-28)16-32(29,30)21-5-3-2-4-6-21/h2-8,13-15,25H,9-12,16H2,1H3. The van der Waals surface area contributed by atoms with Crippen LogP contribution in [0.3, 0.4) is 0 Å². The second kappa shape index (κ2) is 8.37. The molecule has 0 aliphatic carbocycles. The highest BCUT2D eigenvalue weighted by Gasteiger charge is 2.20. The minimum atomic E-state index is -3.53. The molecule has 8 heteroatoms. The van der Waals surface area contributed by atoms with E-state index in [0.717, 1.165) is 28.0 Å². The molecule has 1 N–H and O–H groups in total. The van der Waals surface area contributed by atoms with E-state index < -0.39 is 9.84 Å². The molecule has 1 aliphatic heterocycles. The third-order valence-electron chi connectivity index (χ3n) is 5.55. The van der Waals surface area contributed by atoms with Crippen LogP contribution in [0.4, 0.5) is 5.82 Å². The van der Waals surface area contributed by atoms with E-state index >= 15 is 0 Å². The van der Waals surface area contributed by atoms with Crippen LogP contribution in [0.25, 0.3) is 22.3 Å². The van der Waals surface area contributed by atoms with Gasteiger partial charge in [-0.05, 0) is 43.3 Å². The molecule has 164 valence electrons. The van der Waals surface area contributed by atoms with E-state index in [1.54, 1.807) is 36.4 Å². The Hall–Kier alpha value is -3.23. The zero-order valence-electron chi connectivity index (χ0n) is 17.8. The van der Waals surface area contributed by atoms with Crippen molar-refractivity contribution in [3.8, 4) is 11.4 Å². The Labute approximate surface area is 187 Å². The van der Waals surface area contributed by atoms with E-state index in [1.165, 1.54) is 0 Å². The first-order valence-corrected chi connectivity index (χ1v) is 12.2. The van der Waals surface area contributed by atoms with Gasteiger partial charge in [0.1, 0.15) is 5.82 Å². The lowest BCUT2D eigenvalue weighted by molar-refractivity contribution is 0.122. The second-order valence-electron chi connectivity index (χ2n) is 7.97. The molecule has 5 rings (SSSR count). The lowest BCUT2D eigenvalue weighted by Crippen LogP contribution is -2.37. The minimum absolute atomic E-state index is 0.185. The highest BCUT2D eigenvalue weighted by atomic mass is 32.2. The molecule has 2 aromatic carbocycles. The molecule has 1 saturated heterocycles. The number of anilines is 1. The average molecular weight is 449 g/mol. The van der Waals surface area contributed by atoms with Crippen molar-refractivity contribution >= 4 is 26.6 Å². The Balaban J connectivity index is 1.57. The van der Waals surface area contributed by atoms with Crippen LogP contribution >= 0.6 is 0 Å². The Morgan fingerprint density at radius 2 is 1.78 bits per heavy atom. The molecule has 0 spiro atoms. The molecule has 0 amide bonds. The van der Waals surface area contributed by atoms with Gasteiger partial charge in [0.15, 0.2) is 15.7 Å². The van der Waals surface area contributed by atoms with Crippen LogP contribution in [0.5, 0.6) is 0 Å². The van der Waals surface area contributed by atoms with E-state index in [0.29, 0.717) is 37.8 Å². The lowest BCUT2D eigenvalue weighted by atomic mass is 10.1. The molecule has 3 heterocycles. The van der Waals surface area contributed by atoms with Gasteiger partial charge < -0.3 is 14.6 Å². The quantitative estimate of drug-likeness (QED) is 0.500. The normalized spacial score (nSPS) is 14.7. The SMILES string of the molecule is Cc1cc2cc(-c3nc(CS(=O)(=O)c4ccccc4)cc(N4CCOCC4)n3)ccc2[nH]1. The summed E-state index contributed by atoms with van der Waals surface area (Å²) in [7, 11) is -3.53. The number of hydrogen-bond acceptors (Lipinski definition) is 6. The Morgan fingerprint density at radius 3 is 2.56 bits per heavy atom. The fourth-order valence-electron chi connectivity index (χ4n) is 3.96. The summed E-state index contributed by atoms with van der Waals surface area (Å²) in [4.78, 5) is 15.2. The van der Waals surface area contributed by atoms with E-state index in [1.807, 2.05) is 25.1 Å². The second-order valence-corrected chi connectivity index (χ2v) is 9.96. The largest absolute Gasteiger partial charge is 0.378 e. The van der Waals surface area contributed by atoms with Gasteiger partial charge in [0.2, 0.25) is 0 Å². The Kier molecular flexibility index (Phi) is 5.40. The summed E-state index contributed by atoms with van der Waals surface area (Å²) >= 11 is 0. The van der Waals surface area contributed by atoms with Crippen molar-refractivity contribution in [2.75, 3.05) is 31.2 Å². The molecule has 7 nitrogen and oxygen atoms in total. The van der Waals surface area contributed by atoms with Gasteiger partial charge in [-0.3, -0.25) is 0 Å². The van der Waals surface area contributed by atoms with E-state index in [2.05, 4.69) is 20.9 Å². The van der Waals surface area contributed by atoms with Crippen LogP contribution < -0.4 is 4.90 Å². The van der Waals surface area contributed by atoms with Gasteiger partial charge in [-0.25, -0.2) is 18.4 Å². The number of aromatic nitrogens is 3. The zero-order chi connectivity index (χ0) is 22.1. The van der Waals surface area contributed by atoms with Crippen molar-refractivity contribution < 1.29 is 13.2 Å². The van der Waals surface area contributed by atoms with Gasteiger partial charge in [0.25, 0.3) is 0 Å². The molecule has 2 aromatic heterocycles. The minimum Gasteiger partial charge on any atom is -0.378 e. The molecule has 1 aliphatic rings. The summed E-state index contributed by atoms with van der Waals surface area (Å²) in [5, 5.41) is 1.07. The molecule has 1 fully saturated rings. The number of morpholine rings is 1. The maximum absolute atomic E-state index is 13.0. The van der Waals surface area contributed by atoms with Gasteiger partial charge in [0.05, 0.1) is 29.6 Å². The maximum Gasteiger partial charge on any atom is 0.184 e. The van der Waals surface area contributed by atoms with Crippen molar-refractivity contribution in [1.82, 2.24) is 15.0 Å². The van der Waals surface area contributed by atoms with Gasteiger partial charge in [-0.2, -0.15) is 0 Å². The highest BCUT2D eigenvalue weighted by molar-refractivity contribution is 7.90. The summed E-state index contributed by atoms with van der Waals surface area (Å²) < 4.78 is 31.5. The van der Waals surface area contributed by atoms with Gasteiger partial charge in [0, 0.05) is 41.3 Å². The lowest BCUT2D eigenvalue weighted by Gasteiger charge is -2.28. The summed E-state index contributed by atoms with van der Waals surface area (Å²) in [5.41, 5.74) is 3.45. The Bertz CT molecular complexity index is 1360. The van der Waals surface area contributed by atoms with Crippen LogP contribution in [0, 0.1) is 6.92 Å². The topological polar surface area (TPSA) is 88.2 Å². The first-order chi connectivity index (χ1) is 15.5. The van der Waals surface area contributed by atoms with Crippen molar-refractivity contribution in [2.24, 2.45) is 0 Å². The summed E-state index contributed by atoms with van der Waals surface area (Å²) in [6.07, 6.45) is 0. The van der Waals surface area contributed by atoms with Crippen LogP contribution in [0.15, 0.2) is 65.6 Å². The molecule has 0 unspecified atom stereocenters. The number of sulfone groups is 1. The molecular formula is C24H24N4O3S. The van der Waals surface area contributed by atoms with Crippen LogP contribution in [-0.4, -0.2) is 49.7 Å². The maximum atomic E-state index is 13.0. The average Bonchev–Trinajstić information content (AvgIpc) is 3.19. The van der Waals surface area contributed by atoms with Crippen molar-refractivity contribution in [3.05, 3.63) is 72.1 Å². The number of fused-ring (bicyclic) bond motifs is 1. The predicted molar refractivity (Wildman–Crippen MR) is 124 cm³/mol. The predicted octanol–water partition coefficient (Wildman–Crippen LogP) is 3.74. The van der Waals surface area contributed by atoms with Gasteiger partial charge in [-0.15, -0.1) is 0 Å². The number of benzene rings is 2. The summed E-state index contributed by atoms with van der Waals surface area (Å²) in [6.45, 7) is 4.66. The fraction of sp³-hybridized carbons (Fsp3) is 0.250. The molecule has 4 aromatic rings. The summed E-state index contributed by atoms with van der Waals surface area (Å²) in [5.74, 6) is 1.06. The van der Waals surface area contributed by atoms with E-state index in [4.69, 9.17) is 9.72 Å². The van der Waals surface area contributed by atoms with Crippen molar-refractivity contribution in [3.63, 3.8) is 0 Å². The number of nitrogens with zero attached hydrogens (tertiary/aromatic N) is 3. The summed E-state index contributed by atoms with van der Waals surface area (Å²) in [6, 6.07) is 18.3. The highest BCUT2D eigenvalue weighted by Crippen LogP contribution is 2.26. The number of ether oxygens (including phenoxy) is 1. The Morgan fingerprint density at radius 1 is 1.00 bits per heavy atom. The smallest absolute Gasteiger partial charge is 0.184 e. The molecular weight excluding hydrogens is 424 g/mol. The van der Waals surface area contributed by atoms with Crippen LogP contribution in [-0.2, 0) is 20.3 Å². The number of nitrogens with one attached hydrogen (secondary N) is 1. The molecule has 0 saturated carbocycles. The van der Waals surface area contributed by atoms with Crippen molar-refractivity contribution in [2.45, 2.75) is 17.6 Å². The van der Waals surface area contributed by atoms with Gasteiger partial charge in [-0.1, -0.05) is 18.2 Å². The number of rotatable bonds is 5. The third-order valence-corrected chi connectivity index (χ3v) is 7.22. The van der Waals surface area contributed by atoms with Crippen LogP contribution in [0.2, 0.25) is 0 Å². The fourth-order valence-corrected chi connectivity index (χ4v) is 5.24. The number of aromatic amines is 1. The third kappa shape index (κ3) is 4.24. The number of H-pyrrole nitrogens is 1. The monoisotopic (exact) mass is 448 g/mol. The first-order valence-electron chi connectivity index (χ1n) is 10.6.